The molecule has 2 heterocycles. The molecule has 0 radical (unpaired) electrons. The van der Waals surface area contributed by atoms with Gasteiger partial charge in [-0.05, 0) is 32.6 Å². The number of carbonyl (C=O) groups excluding carboxylic acids is 5. The maximum absolute atomic E-state index is 13.3. The number of hydrogen-bond donors (Lipinski definition) is 2. The van der Waals surface area contributed by atoms with E-state index in [0.717, 1.165) is 0 Å². The van der Waals surface area contributed by atoms with E-state index < -0.39 is 23.9 Å². The van der Waals surface area contributed by atoms with Gasteiger partial charge in [0.15, 0.2) is 0 Å². The number of rotatable bonds is 10. The highest BCUT2D eigenvalue weighted by Crippen LogP contribution is 2.22. The lowest BCUT2D eigenvalue weighted by atomic mass is 10.0. The molecule has 11 heteroatoms. The average Bonchev–Trinajstić information content (AvgIpc) is 3.28. The van der Waals surface area contributed by atoms with Gasteiger partial charge >= 0.3 is 0 Å². The highest BCUT2D eigenvalue weighted by molar-refractivity contribution is 5.96. The molecule has 2 unspecified atom stereocenters. The minimum Gasteiger partial charge on any atom is -0.343 e. The monoisotopic (exact) mass is 460 g/mol. The molecule has 1 aromatic rings. The number of likely N-dealkylation sites (N-methyl/N-ethyl adjacent to an activating group) is 1. The van der Waals surface area contributed by atoms with Gasteiger partial charge in [-0.15, -0.1) is 0 Å². The normalized spacial score (nSPS) is 16.3. The van der Waals surface area contributed by atoms with Gasteiger partial charge in [-0.3, -0.25) is 29.0 Å². The van der Waals surface area contributed by atoms with E-state index >= 15 is 0 Å². The lowest BCUT2D eigenvalue weighted by Gasteiger charge is -2.33. The number of nitrogens with one attached hydrogen (secondary N) is 2. The molecule has 0 saturated carbocycles. The Morgan fingerprint density at radius 3 is 2.52 bits per heavy atom. The second-order valence-corrected chi connectivity index (χ2v) is 8.31. The van der Waals surface area contributed by atoms with Crippen molar-refractivity contribution in [2.75, 3.05) is 26.2 Å². The number of aromatic nitrogens is 2. The third-order valence-corrected chi connectivity index (χ3v) is 5.38. The number of amides is 4. The Morgan fingerprint density at radius 1 is 1.21 bits per heavy atom. The first-order valence-electron chi connectivity index (χ1n) is 11.1. The molecular formula is C22H32N6O5. The van der Waals surface area contributed by atoms with Crippen LogP contribution in [0, 0.1) is 5.92 Å². The van der Waals surface area contributed by atoms with E-state index in [1.165, 1.54) is 35.3 Å². The largest absolute Gasteiger partial charge is 0.343 e. The van der Waals surface area contributed by atoms with Crippen LogP contribution in [0.2, 0.25) is 0 Å². The number of nitrogens with zero attached hydrogens (tertiary/aromatic N) is 4. The van der Waals surface area contributed by atoms with Crippen molar-refractivity contribution in [3.05, 3.63) is 24.3 Å². The Balaban J connectivity index is 2.02. The zero-order chi connectivity index (χ0) is 24.5. The molecule has 0 aliphatic carbocycles. The molecule has 1 fully saturated rings. The zero-order valence-corrected chi connectivity index (χ0v) is 19.5. The second-order valence-electron chi connectivity index (χ2n) is 8.31. The molecule has 0 spiro atoms. The molecule has 1 aromatic heterocycles. The Hall–Kier alpha value is -3.37. The van der Waals surface area contributed by atoms with Gasteiger partial charge in [0.05, 0.1) is 19.3 Å². The van der Waals surface area contributed by atoms with E-state index in [9.17, 15) is 24.0 Å². The topological polar surface area (TPSA) is 142 Å². The molecular weight excluding hydrogens is 428 g/mol. The summed E-state index contributed by atoms with van der Waals surface area (Å²) in [5.74, 6) is -2.07. The Kier molecular flexibility index (Phi) is 9.43. The van der Waals surface area contributed by atoms with Gasteiger partial charge < -0.3 is 20.4 Å². The minimum atomic E-state index is -0.859. The lowest BCUT2D eigenvalue weighted by molar-refractivity contribution is -0.147. The van der Waals surface area contributed by atoms with Gasteiger partial charge in [0.25, 0.3) is 5.91 Å². The summed E-state index contributed by atoms with van der Waals surface area (Å²) in [4.78, 5) is 72.9. The number of carbonyl (C=O) groups is 5. The summed E-state index contributed by atoms with van der Waals surface area (Å²) in [6.45, 7) is 7.22. The fourth-order valence-electron chi connectivity index (χ4n) is 3.70. The highest BCUT2D eigenvalue weighted by Gasteiger charge is 2.40. The van der Waals surface area contributed by atoms with Crippen molar-refractivity contribution in [3.8, 4) is 0 Å². The molecule has 2 atom stereocenters. The van der Waals surface area contributed by atoms with Crippen LogP contribution in [0.4, 0.5) is 0 Å². The van der Waals surface area contributed by atoms with Crippen LogP contribution < -0.4 is 10.6 Å². The first-order valence-corrected chi connectivity index (χ1v) is 11.1. The van der Waals surface area contributed by atoms with Crippen LogP contribution in [0.25, 0.3) is 0 Å². The van der Waals surface area contributed by atoms with E-state index in [4.69, 9.17) is 0 Å². The first kappa shape index (κ1) is 25.9. The van der Waals surface area contributed by atoms with Crippen molar-refractivity contribution in [1.29, 1.82) is 0 Å². The van der Waals surface area contributed by atoms with E-state index in [-0.39, 0.29) is 42.3 Å². The second kappa shape index (κ2) is 12.0. The summed E-state index contributed by atoms with van der Waals surface area (Å²) in [5, 5.41) is 5.12. The van der Waals surface area contributed by atoms with Crippen molar-refractivity contribution < 1.29 is 24.0 Å². The molecule has 4 amide bonds. The zero-order valence-electron chi connectivity index (χ0n) is 19.5. The quantitative estimate of drug-likeness (QED) is 0.491. The Bertz CT molecular complexity index is 875. The number of Topliss-reactive ketones (excluding diaryl/α,β-unsaturated/α-hetero) is 1. The number of ketones is 1. The van der Waals surface area contributed by atoms with Gasteiger partial charge in [0.2, 0.25) is 17.7 Å². The molecule has 0 aromatic carbocycles. The summed E-state index contributed by atoms with van der Waals surface area (Å²) in [5.41, 5.74) is 0.0752. The van der Waals surface area contributed by atoms with Gasteiger partial charge in [0.1, 0.15) is 23.6 Å². The van der Waals surface area contributed by atoms with Crippen molar-refractivity contribution >= 4 is 29.4 Å². The predicted molar refractivity (Wildman–Crippen MR) is 119 cm³/mol. The van der Waals surface area contributed by atoms with Crippen molar-refractivity contribution in [1.82, 2.24) is 30.4 Å². The molecule has 180 valence electrons. The standard InChI is InChI=1S/C22H32N6O5/c1-5-27(13-15(4)29)21(32)17-7-6-10-28(17)22(33)19(14(2)3)26-18(30)12-25-20(31)16-11-23-8-9-24-16/h8-9,11,14,17,19H,5-7,10,12-13H2,1-4H3,(H,25,31)(H,26,30). The van der Waals surface area contributed by atoms with Crippen LogP contribution in [0.1, 0.15) is 51.0 Å². The van der Waals surface area contributed by atoms with Crippen LogP contribution in [-0.2, 0) is 19.2 Å². The summed E-state index contributed by atoms with van der Waals surface area (Å²) >= 11 is 0. The third kappa shape index (κ3) is 7.06. The van der Waals surface area contributed by atoms with Crippen LogP contribution in [0.5, 0.6) is 0 Å². The van der Waals surface area contributed by atoms with Gasteiger partial charge in [-0.1, -0.05) is 13.8 Å². The van der Waals surface area contributed by atoms with Gasteiger partial charge in [0, 0.05) is 25.5 Å². The van der Waals surface area contributed by atoms with Crippen molar-refractivity contribution in [3.63, 3.8) is 0 Å². The molecule has 33 heavy (non-hydrogen) atoms. The van der Waals surface area contributed by atoms with Crippen molar-refractivity contribution in [2.45, 2.75) is 52.6 Å². The summed E-state index contributed by atoms with van der Waals surface area (Å²) < 4.78 is 0. The average molecular weight is 461 g/mol. The molecule has 11 nitrogen and oxygen atoms in total. The fraction of sp³-hybridized carbons (Fsp3) is 0.591. The van der Waals surface area contributed by atoms with Crippen molar-refractivity contribution in [2.24, 2.45) is 5.92 Å². The third-order valence-electron chi connectivity index (χ3n) is 5.38. The summed E-state index contributed by atoms with van der Waals surface area (Å²) in [6, 6.07) is -1.52. The molecule has 2 rings (SSSR count). The van der Waals surface area contributed by atoms with Gasteiger partial charge in [-0.2, -0.15) is 0 Å². The van der Waals surface area contributed by atoms with Gasteiger partial charge in [-0.25, -0.2) is 4.98 Å². The molecule has 2 N–H and O–H groups in total. The smallest absolute Gasteiger partial charge is 0.271 e. The molecule has 1 saturated heterocycles. The van der Waals surface area contributed by atoms with Crippen LogP contribution in [0.15, 0.2) is 18.6 Å². The van der Waals surface area contributed by atoms with E-state index in [1.807, 2.05) is 0 Å². The molecule has 0 bridgehead atoms. The van der Waals surface area contributed by atoms with Crippen LogP contribution >= 0.6 is 0 Å². The SMILES string of the molecule is CCN(CC(C)=O)C(=O)C1CCCN1C(=O)C(NC(=O)CNC(=O)c1cnccn1)C(C)C. The number of hydrogen-bond acceptors (Lipinski definition) is 7. The maximum Gasteiger partial charge on any atom is 0.271 e. The van der Waals surface area contributed by atoms with E-state index in [0.29, 0.717) is 25.9 Å². The highest BCUT2D eigenvalue weighted by atomic mass is 16.2. The summed E-state index contributed by atoms with van der Waals surface area (Å²) in [7, 11) is 0. The summed E-state index contributed by atoms with van der Waals surface area (Å²) in [6.07, 6.45) is 5.24. The Morgan fingerprint density at radius 2 is 1.94 bits per heavy atom. The minimum absolute atomic E-state index is 0.00367. The van der Waals surface area contributed by atoms with Crippen LogP contribution in [-0.4, -0.2) is 87.4 Å². The predicted octanol–water partition coefficient (Wildman–Crippen LogP) is -0.224. The number of likely N-dealkylation sites (tertiary alicyclic amines) is 1. The maximum atomic E-state index is 13.3. The first-order chi connectivity index (χ1) is 15.6. The van der Waals surface area contributed by atoms with Crippen LogP contribution in [0.3, 0.4) is 0 Å². The molecule has 1 aliphatic rings. The lowest BCUT2D eigenvalue weighted by Crippen LogP contribution is -2.56. The van der Waals surface area contributed by atoms with E-state index in [1.54, 1.807) is 20.8 Å². The van der Waals surface area contributed by atoms with E-state index in [2.05, 4.69) is 20.6 Å². The molecule has 1 aliphatic heterocycles. The fourth-order valence-corrected chi connectivity index (χ4v) is 3.70. The Labute approximate surface area is 193 Å².